The van der Waals surface area contributed by atoms with Crippen LogP contribution in [0.4, 0.5) is 0 Å². The van der Waals surface area contributed by atoms with Crippen LogP contribution in [-0.2, 0) is 6.42 Å². The van der Waals surface area contributed by atoms with Gasteiger partial charge >= 0.3 is 0 Å². The standard InChI is InChI=1S/C15H12Cl2N2O/c1-3-13-18-14(8(2)15(17)19-13)12-7-9-6-10(16)4-5-11(9)20-12/h4-7H,3H2,1-2H3. The number of benzene rings is 1. The summed E-state index contributed by atoms with van der Waals surface area (Å²) in [7, 11) is 0. The van der Waals surface area contributed by atoms with Crippen LogP contribution >= 0.6 is 23.2 Å². The highest BCUT2D eigenvalue weighted by molar-refractivity contribution is 6.31. The van der Waals surface area contributed by atoms with Crippen molar-refractivity contribution in [2.24, 2.45) is 0 Å². The normalized spacial score (nSPS) is 11.2. The van der Waals surface area contributed by atoms with E-state index in [1.165, 1.54) is 0 Å². The Morgan fingerprint density at radius 3 is 2.70 bits per heavy atom. The molecule has 3 rings (SSSR count). The van der Waals surface area contributed by atoms with Crippen LogP contribution in [0, 0.1) is 6.92 Å². The Morgan fingerprint density at radius 2 is 1.95 bits per heavy atom. The van der Waals surface area contributed by atoms with Gasteiger partial charge in [0.15, 0.2) is 5.76 Å². The Hall–Kier alpha value is -1.58. The summed E-state index contributed by atoms with van der Waals surface area (Å²) in [5, 5.41) is 2.08. The minimum absolute atomic E-state index is 0.463. The summed E-state index contributed by atoms with van der Waals surface area (Å²) in [6.07, 6.45) is 0.721. The zero-order valence-electron chi connectivity index (χ0n) is 11.1. The van der Waals surface area contributed by atoms with Crippen LogP contribution in [0.3, 0.4) is 0 Å². The van der Waals surface area contributed by atoms with Gasteiger partial charge in [0, 0.05) is 22.4 Å². The lowest BCUT2D eigenvalue weighted by molar-refractivity contribution is 0.626. The van der Waals surface area contributed by atoms with Crippen molar-refractivity contribution >= 4 is 34.2 Å². The molecule has 1 aromatic carbocycles. The first kappa shape index (κ1) is 13.4. The predicted octanol–water partition coefficient (Wildman–Crippen LogP) is 5.07. The van der Waals surface area contributed by atoms with Crippen molar-refractivity contribution in [3.8, 4) is 11.5 Å². The number of fused-ring (bicyclic) bond motifs is 1. The number of aryl methyl sites for hydroxylation is 1. The number of halogens is 2. The molecule has 0 amide bonds. The molecule has 0 unspecified atom stereocenters. The van der Waals surface area contributed by atoms with E-state index in [2.05, 4.69) is 9.97 Å². The molecule has 0 saturated carbocycles. The molecule has 0 saturated heterocycles. The third-order valence-corrected chi connectivity index (χ3v) is 3.76. The maximum Gasteiger partial charge on any atom is 0.154 e. The molecular formula is C15H12Cl2N2O. The Kier molecular flexibility index (Phi) is 3.40. The van der Waals surface area contributed by atoms with E-state index in [-0.39, 0.29) is 0 Å². The zero-order chi connectivity index (χ0) is 14.3. The third-order valence-electron chi connectivity index (χ3n) is 3.16. The number of furan rings is 1. The molecule has 0 radical (unpaired) electrons. The number of hydrogen-bond donors (Lipinski definition) is 0. The first-order valence-corrected chi connectivity index (χ1v) is 7.06. The molecule has 0 aliphatic rings. The molecular weight excluding hydrogens is 295 g/mol. The summed E-state index contributed by atoms with van der Waals surface area (Å²) >= 11 is 12.1. The predicted molar refractivity (Wildman–Crippen MR) is 81.4 cm³/mol. The third kappa shape index (κ3) is 2.28. The highest BCUT2D eigenvalue weighted by Gasteiger charge is 2.15. The average molecular weight is 307 g/mol. The van der Waals surface area contributed by atoms with Crippen molar-refractivity contribution in [1.82, 2.24) is 9.97 Å². The first-order chi connectivity index (χ1) is 9.58. The van der Waals surface area contributed by atoms with E-state index in [1.54, 1.807) is 6.07 Å². The molecule has 3 aromatic rings. The minimum Gasteiger partial charge on any atom is -0.454 e. The highest BCUT2D eigenvalue weighted by Crippen LogP contribution is 2.32. The molecule has 3 nitrogen and oxygen atoms in total. The summed E-state index contributed by atoms with van der Waals surface area (Å²) in [5.41, 5.74) is 2.32. The van der Waals surface area contributed by atoms with E-state index in [9.17, 15) is 0 Å². The van der Waals surface area contributed by atoms with Gasteiger partial charge in [0.2, 0.25) is 0 Å². The van der Waals surface area contributed by atoms with Gasteiger partial charge in [-0.3, -0.25) is 0 Å². The summed E-state index contributed by atoms with van der Waals surface area (Å²) < 4.78 is 5.84. The summed E-state index contributed by atoms with van der Waals surface area (Å²) in [6, 6.07) is 7.43. The second kappa shape index (κ2) is 5.08. The highest BCUT2D eigenvalue weighted by atomic mass is 35.5. The number of aromatic nitrogens is 2. The van der Waals surface area contributed by atoms with Crippen LogP contribution in [0.2, 0.25) is 10.2 Å². The molecule has 5 heteroatoms. The van der Waals surface area contributed by atoms with Crippen molar-refractivity contribution in [1.29, 1.82) is 0 Å². The van der Waals surface area contributed by atoms with Gasteiger partial charge in [0.25, 0.3) is 0 Å². The molecule has 20 heavy (non-hydrogen) atoms. The van der Waals surface area contributed by atoms with Crippen molar-refractivity contribution in [3.05, 3.63) is 45.8 Å². The fourth-order valence-electron chi connectivity index (χ4n) is 2.06. The molecule has 0 spiro atoms. The second-order valence-corrected chi connectivity index (χ2v) is 5.35. The lowest BCUT2D eigenvalue weighted by atomic mass is 10.2. The quantitative estimate of drug-likeness (QED) is 0.621. The Morgan fingerprint density at radius 1 is 1.15 bits per heavy atom. The van der Waals surface area contributed by atoms with Gasteiger partial charge in [-0.05, 0) is 31.2 Å². The van der Waals surface area contributed by atoms with Crippen molar-refractivity contribution < 1.29 is 4.42 Å². The van der Waals surface area contributed by atoms with Gasteiger partial charge in [-0.1, -0.05) is 30.1 Å². The topological polar surface area (TPSA) is 38.9 Å². The molecule has 0 aliphatic carbocycles. The smallest absolute Gasteiger partial charge is 0.154 e. The minimum atomic E-state index is 0.463. The van der Waals surface area contributed by atoms with E-state index in [1.807, 2.05) is 32.0 Å². The van der Waals surface area contributed by atoms with Crippen LogP contribution in [0.15, 0.2) is 28.7 Å². The van der Waals surface area contributed by atoms with Gasteiger partial charge in [-0.25, -0.2) is 9.97 Å². The molecule has 2 heterocycles. The maximum absolute atomic E-state index is 6.16. The zero-order valence-corrected chi connectivity index (χ0v) is 12.6. The van der Waals surface area contributed by atoms with Crippen molar-refractivity contribution in [3.63, 3.8) is 0 Å². The fourth-order valence-corrected chi connectivity index (χ4v) is 2.43. The van der Waals surface area contributed by atoms with Crippen LogP contribution in [0.1, 0.15) is 18.3 Å². The molecule has 102 valence electrons. The lowest BCUT2D eigenvalue weighted by Gasteiger charge is -2.05. The Balaban J connectivity index is 2.22. The fraction of sp³-hybridized carbons (Fsp3) is 0.200. The van der Waals surface area contributed by atoms with Crippen molar-refractivity contribution in [2.45, 2.75) is 20.3 Å². The van der Waals surface area contributed by atoms with E-state index in [0.717, 1.165) is 28.6 Å². The van der Waals surface area contributed by atoms with E-state index >= 15 is 0 Å². The largest absolute Gasteiger partial charge is 0.454 e. The van der Waals surface area contributed by atoms with E-state index in [4.69, 9.17) is 27.6 Å². The molecule has 0 bridgehead atoms. The van der Waals surface area contributed by atoms with Gasteiger partial charge in [-0.2, -0.15) is 0 Å². The summed E-state index contributed by atoms with van der Waals surface area (Å²) in [4.78, 5) is 8.75. The Bertz CT molecular complexity index is 796. The van der Waals surface area contributed by atoms with Crippen LogP contribution < -0.4 is 0 Å². The lowest BCUT2D eigenvalue weighted by Crippen LogP contribution is -1.98. The monoisotopic (exact) mass is 306 g/mol. The van der Waals surface area contributed by atoms with E-state index in [0.29, 0.717) is 21.8 Å². The summed E-state index contributed by atoms with van der Waals surface area (Å²) in [6.45, 7) is 3.88. The van der Waals surface area contributed by atoms with E-state index < -0.39 is 0 Å². The molecule has 0 fully saturated rings. The van der Waals surface area contributed by atoms with Gasteiger partial charge < -0.3 is 4.42 Å². The first-order valence-electron chi connectivity index (χ1n) is 6.31. The van der Waals surface area contributed by atoms with Crippen LogP contribution in [0.5, 0.6) is 0 Å². The molecule has 0 aliphatic heterocycles. The van der Waals surface area contributed by atoms with Gasteiger partial charge in [0.05, 0.1) is 0 Å². The SMILES string of the molecule is CCc1nc(Cl)c(C)c(-c2cc3cc(Cl)ccc3o2)n1. The second-order valence-electron chi connectivity index (χ2n) is 4.55. The molecule has 2 aromatic heterocycles. The van der Waals surface area contributed by atoms with Crippen LogP contribution in [-0.4, -0.2) is 9.97 Å². The van der Waals surface area contributed by atoms with Gasteiger partial charge in [0.1, 0.15) is 22.3 Å². The number of nitrogens with zero attached hydrogens (tertiary/aromatic N) is 2. The van der Waals surface area contributed by atoms with Crippen LogP contribution in [0.25, 0.3) is 22.4 Å². The maximum atomic E-state index is 6.16. The number of hydrogen-bond acceptors (Lipinski definition) is 3. The Labute approximate surface area is 126 Å². The summed E-state index contributed by atoms with van der Waals surface area (Å²) in [5.74, 6) is 1.38. The molecule has 0 N–H and O–H groups in total. The number of rotatable bonds is 2. The van der Waals surface area contributed by atoms with Gasteiger partial charge in [-0.15, -0.1) is 0 Å². The molecule has 0 atom stereocenters. The average Bonchev–Trinajstić information content (AvgIpc) is 2.84. The van der Waals surface area contributed by atoms with Crippen molar-refractivity contribution in [2.75, 3.05) is 0 Å².